The fourth-order valence-corrected chi connectivity index (χ4v) is 1.71. The van der Waals surface area contributed by atoms with Crippen molar-refractivity contribution < 1.29 is 23.0 Å². The van der Waals surface area contributed by atoms with Crippen LogP contribution in [-0.2, 0) is 4.74 Å². The van der Waals surface area contributed by atoms with Crippen LogP contribution in [0.2, 0.25) is 5.02 Å². The maximum atomic E-state index is 12.3. The predicted molar refractivity (Wildman–Crippen MR) is 75.2 cm³/mol. The smallest absolute Gasteiger partial charge is 0.387 e. The van der Waals surface area contributed by atoms with Crippen molar-refractivity contribution in [3.05, 3.63) is 28.8 Å². The summed E-state index contributed by atoms with van der Waals surface area (Å²) in [5.41, 5.74) is -0.0281. The highest BCUT2D eigenvalue weighted by Crippen LogP contribution is 2.24. The second kappa shape index (κ2) is 9.49. The summed E-state index contributed by atoms with van der Waals surface area (Å²) in [5.74, 6) is -0.735. The first-order valence-corrected chi connectivity index (χ1v) is 6.64. The van der Waals surface area contributed by atoms with Gasteiger partial charge in [-0.1, -0.05) is 11.6 Å². The molecule has 0 aliphatic carbocycles. The Balaban J connectivity index is 2.54. The third-order valence-corrected chi connectivity index (χ3v) is 2.71. The number of nitrogens with one attached hydrogen (secondary N) is 2. The van der Waals surface area contributed by atoms with Crippen LogP contribution in [-0.4, -0.2) is 45.9 Å². The monoisotopic (exact) mass is 322 g/mol. The van der Waals surface area contributed by atoms with Crippen LogP contribution in [0.15, 0.2) is 18.2 Å². The van der Waals surface area contributed by atoms with Gasteiger partial charge in [0, 0.05) is 31.8 Å². The second-order valence-corrected chi connectivity index (χ2v) is 4.45. The van der Waals surface area contributed by atoms with E-state index in [9.17, 15) is 13.6 Å². The van der Waals surface area contributed by atoms with Gasteiger partial charge in [-0.3, -0.25) is 4.79 Å². The van der Waals surface area contributed by atoms with E-state index < -0.39 is 12.5 Å². The average Bonchev–Trinajstić information content (AvgIpc) is 2.44. The molecule has 0 saturated heterocycles. The maximum Gasteiger partial charge on any atom is 0.387 e. The first kappa shape index (κ1) is 17.6. The summed E-state index contributed by atoms with van der Waals surface area (Å²) in [6.45, 7) is -0.921. The predicted octanol–water partition coefficient (Wildman–Crippen LogP) is 1.91. The lowest BCUT2D eigenvalue weighted by molar-refractivity contribution is -0.0501. The molecule has 0 aliphatic rings. The van der Waals surface area contributed by atoms with E-state index in [4.69, 9.17) is 16.3 Å². The second-order valence-electron chi connectivity index (χ2n) is 4.02. The van der Waals surface area contributed by atoms with Crippen LogP contribution >= 0.6 is 11.6 Å². The van der Waals surface area contributed by atoms with Crippen LogP contribution in [0.5, 0.6) is 5.75 Å². The lowest BCUT2D eigenvalue weighted by Gasteiger charge is -2.11. The minimum atomic E-state index is -3.01. The molecule has 8 heteroatoms. The van der Waals surface area contributed by atoms with E-state index in [0.717, 1.165) is 0 Å². The Labute approximate surface area is 126 Å². The molecule has 0 saturated carbocycles. The van der Waals surface area contributed by atoms with Crippen LogP contribution in [0.4, 0.5) is 8.78 Å². The van der Waals surface area contributed by atoms with E-state index in [1.807, 2.05) is 0 Å². The Morgan fingerprint density at radius 3 is 2.76 bits per heavy atom. The zero-order valence-electron chi connectivity index (χ0n) is 11.5. The highest BCUT2D eigenvalue weighted by atomic mass is 35.5. The SMILES string of the molecule is COCCNCCNC(=O)c1cc(Cl)ccc1OC(F)F. The van der Waals surface area contributed by atoms with Crippen molar-refractivity contribution in [3.63, 3.8) is 0 Å². The zero-order valence-corrected chi connectivity index (χ0v) is 12.3. The Kier molecular flexibility index (Phi) is 7.96. The molecule has 0 atom stereocenters. The largest absolute Gasteiger partial charge is 0.434 e. The molecule has 2 N–H and O–H groups in total. The summed E-state index contributed by atoms with van der Waals surface area (Å²) < 4.78 is 33.7. The van der Waals surface area contributed by atoms with Crippen LogP contribution in [0.3, 0.4) is 0 Å². The fourth-order valence-electron chi connectivity index (χ4n) is 1.54. The fraction of sp³-hybridized carbons (Fsp3) is 0.462. The molecule has 5 nitrogen and oxygen atoms in total. The standard InChI is InChI=1S/C13H17ClF2N2O3/c1-20-7-6-17-4-5-18-12(19)10-8-9(14)2-3-11(10)21-13(15)16/h2-3,8,13,17H,4-7H2,1H3,(H,18,19). The average molecular weight is 323 g/mol. The summed E-state index contributed by atoms with van der Waals surface area (Å²) in [7, 11) is 1.59. The summed E-state index contributed by atoms with van der Waals surface area (Å²) >= 11 is 5.77. The number of rotatable bonds is 9. The first-order valence-electron chi connectivity index (χ1n) is 6.26. The number of amides is 1. The molecule has 1 aromatic rings. The number of hydrogen-bond acceptors (Lipinski definition) is 4. The van der Waals surface area contributed by atoms with Crippen molar-refractivity contribution in [2.45, 2.75) is 6.61 Å². The number of halogens is 3. The van der Waals surface area contributed by atoms with Gasteiger partial charge in [0.2, 0.25) is 0 Å². The molecule has 0 heterocycles. The minimum Gasteiger partial charge on any atom is -0.434 e. The van der Waals surface area contributed by atoms with Crippen LogP contribution in [0.1, 0.15) is 10.4 Å². The minimum absolute atomic E-state index is 0.0281. The first-order chi connectivity index (χ1) is 10.0. The summed E-state index contributed by atoms with van der Waals surface area (Å²) in [6.07, 6.45) is 0. The molecular formula is C13H17ClF2N2O3. The lowest BCUT2D eigenvalue weighted by Crippen LogP contribution is -2.33. The summed E-state index contributed by atoms with van der Waals surface area (Å²) in [6, 6.07) is 3.90. The molecule has 0 bridgehead atoms. The Hall–Kier alpha value is -1.44. The number of hydrogen-bond donors (Lipinski definition) is 2. The van der Waals surface area contributed by atoms with Gasteiger partial charge in [-0.15, -0.1) is 0 Å². The van der Waals surface area contributed by atoms with E-state index in [2.05, 4.69) is 15.4 Å². The van der Waals surface area contributed by atoms with E-state index in [-0.39, 0.29) is 16.3 Å². The van der Waals surface area contributed by atoms with Gasteiger partial charge in [-0.05, 0) is 18.2 Å². The van der Waals surface area contributed by atoms with Gasteiger partial charge in [-0.2, -0.15) is 8.78 Å². The van der Waals surface area contributed by atoms with Crippen LogP contribution in [0.25, 0.3) is 0 Å². The highest BCUT2D eigenvalue weighted by Gasteiger charge is 2.16. The van der Waals surface area contributed by atoms with Gasteiger partial charge in [0.1, 0.15) is 5.75 Å². The van der Waals surface area contributed by atoms with Gasteiger partial charge >= 0.3 is 6.61 Å². The maximum absolute atomic E-state index is 12.3. The number of methoxy groups -OCH3 is 1. The van der Waals surface area contributed by atoms with Crippen molar-refractivity contribution in [1.29, 1.82) is 0 Å². The Morgan fingerprint density at radius 1 is 1.33 bits per heavy atom. The van der Waals surface area contributed by atoms with Crippen LogP contribution in [0, 0.1) is 0 Å². The molecule has 0 aromatic heterocycles. The number of carbonyl (C=O) groups is 1. The quantitative estimate of drug-likeness (QED) is 0.682. The molecule has 0 radical (unpaired) electrons. The van der Waals surface area contributed by atoms with Gasteiger partial charge in [0.25, 0.3) is 5.91 Å². The van der Waals surface area contributed by atoms with Crippen molar-refractivity contribution >= 4 is 17.5 Å². The summed E-state index contributed by atoms with van der Waals surface area (Å²) in [4.78, 5) is 11.9. The third kappa shape index (κ3) is 6.70. The summed E-state index contributed by atoms with van der Waals surface area (Å²) in [5, 5.41) is 5.89. The zero-order chi connectivity index (χ0) is 15.7. The van der Waals surface area contributed by atoms with Crippen molar-refractivity contribution in [3.8, 4) is 5.75 Å². The normalized spacial score (nSPS) is 10.7. The van der Waals surface area contributed by atoms with Gasteiger partial charge in [-0.25, -0.2) is 0 Å². The number of carbonyl (C=O) groups excluding carboxylic acids is 1. The molecular weight excluding hydrogens is 306 g/mol. The van der Waals surface area contributed by atoms with Crippen molar-refractivity contribution in [2.75, 3.05) is 33.4 Å². The number of benzene rings is 1. The topological polar surface area (TPSA) is 59.6 Å². The molecule has 1 rings (SSSR count). The van der Waals surface area contributed by atoms with Crippen molar-refractivity contribution in [2.24, 2.45) is 0 Å². The molecule has 21 heavy (non-hydrogen) atoms. The highest BCUT2D eigenvalue weighted by molar-refractivity contribution is 6.31. The molecule has 0 fully saturated rings. The number of ether oxygens (including phenoxy) is 2. The van der Waals surface area contributed by atoms with E-state index in [1.54, 1.807) is 7.11 Å². The van der Waals surface area contributed by atoms with Gasteiger partial charge < -0.3 is 20.1 Å². The molecule has 1 aromatic carbocycles. The molecule has 0 unspecified atom stereocenters. The van der Waals surface area contributed by atoms with Crippen molar-refractivity contribution in [1.82, 2.24) is 10.6 Å². The third-order valence-electron chi connectivity index (χ3n) is 2.47. The molecule has 1 amide bonds. The Morgan fingerprint density at radius 2 is 2.10 bits per heavy atom. The van der Waals surface area contributed by atoms with E-state index >= 15 is 0 Å². The molecule has 0 spiro atoms. The van der Waals surface area contributed by atoms with Gasteiger partial charge in [0.15, 0.2) is 0 Å². The van der Waals surface area contributed by atoms with Gasteiger partial charge in [0.05, 0.1) is 12.2 Å². The van der Waals surface area contributed by atoms with E-state index in [1.165, 1.54) is 18.2 Å². The van der Waals surface area contributed by atoms with Crippen LogP contribution < -0.4 is 15.4 Å². The molecule has 0 aliphatic heterocycles. The Bertz CT molecular complexity index is 461. The lowest BCUT2D eigenvalue weighted by atomic mass is 10.2. The van der Waals surface area contributed by atoms with E-state index in [0.29, 0.717) is 26.2 Å². The molecule has 118 valence electrons. The number of alkyl halides is 2.